The van der Waals surface area contributed by atoms with Crippen molar-refractivity contribution in [3.05, 3.63) is 59.9 Å². The molecular formula is C29H40N2O2. The van der Waals surface area contributed by atoms with Crippen LogP contribution in [-0.2, 0) is 13.2 Å². The van der Waals surface area contributed by atoms with E-state index >= 15 is 0 Å². The van der Waals surface area contributed by atoms with E-state index in [1.165, 1.54) is 63.3 Å². The van der Waals surface area contributed by atoms with E-state index in [1.54, 1.807) is 7.11 Å². The molecule has 178 valence electrons. The minimum Gasteiger partial charge on any atom is -0.493 e. The summed E-state index contributed by atoms with van der Waals surface area (Å²) in [5.74, 6) is 2.45. The van der Waals surface area contributed by atoms with Crippen LogP contribution in [0.3, 0.4) is 0 Å². The van der Waals surface area contributed by atoms with Crippen molar-refractivity contribution < 1.29 is 9.47 Å². The summed E-state index contributed by atoms with van der Waals surface area (Å²) in [6, 6.07) is 14.4. The fourth-order valence-corrected chi connectivity index (χ4v) is 4.31. The highest BCUT2D eigenvalue weighted by Gasteiger charge is 2.12. The molecule has 0 unspecified atom stereocenters. The first kappa shape index (κ1) is 24.9. The molecule has 0 aliphatic carbocycles. The number of hydrogen-bond acceptors (Lipinski definition) is 3. The maximum Gasteiger partial charge on any atom is 0.161 e. The number of para-hydroxylation sites is 2. The van der Waals surface area contributed by atoms with Crippen molar-refractivity contribution in [3.63, 3.8) is 0 Å². The molecule has 0 atom stereocenters. The first-order valence-corrected chi connectivity index (χ1v) is 12.6. The third kappa shape index (κ3) is 7.38. The average molecular weight is 449 g/mol. The molecule has 0 fully saturated rings. The number of fused-ring (bicyclic) bond motifs is 1. The quantitative estimate of drug-likeness (QED) is 0.220. The average Bonchev–Trinajstić information content (AvgIpc) is 3.19. The minimum absolute atomic E-state index is 0.422. The number of rotatable bonds is 15. The smallest absolute Gasteiger partial charge is 0.161 e. The highest BCUT2D eigenvalue weighted by Crippen LogP contribution is 2.30. The van der Waals surface area contributed by atoms with Gasteiger partial charge in [-0.1, -0.05) is 88.6 Å². The lowest BCUT2D eigenvalue weighted by Gasteiger charge is -2.13. The van der Waals surface area contributed by atoms with Crippen molar-refractivity contribution in [1.82, 2.24) is 9.55 Å². The van der Waals surface area contributed by atoms with Crippen molar-refractivity contribution in [2.24, 2.45) is 0 Å². The number of aryl methyl sites for hydroxylation is 1. The van der Waals surface area contributed by atoms with Gasteiger partial charge >= 0.3 is 0 Å². The molecule has 0 saturated carbocycles. The van der Waals surface area contributed by atoms with E-state index in [0.29, 0.717) is 6.61 Å². The van der Waals surface area contributed by atoms with Crippen LogP contribution in [0, 0.1) is 0 Å². The number of aromatic nitrogens is 2. The van der Waals surface area contributed by atoms with Gasteiger partial charge in [0.2, 0.25) is 0 Å². The number of ether oxygens (including phenoxy) is 2. The Bertz CT molecular complexity index is 1010. The Balaban J connectivity index is 1.60. The van der Waals surface area contributed by atoms with Crippen LogP contribution >= 0.6 is 0 Å². The van der Waals surface area contributed by atoms with Gasteiger partial charge in [-0.2, -0.15) is 0 Å². The van der Waals surface area contributed by atoms with Gasteiger partial charge in [0.1, 0.15) is 12.4 Å². The molecule has 3 rings (SSSR count). The molecule has 2 aromatic carbocycles. The third-order valence-electron chi connectivity index (χ3n) is 6.12. The second-order valence-electron chi connectivity index (χ2n) is 8.70. The molecule has 0 saturated heterocycles. The zero-order chi connectivity index (χ0) is 23.3. The molecule has 1 aromatic heterocycles. The van der Waals surface area contributed by atoms with Crippen LogP contribution in [0.1, 0.15) is 83.0 Å². The first-order valence-electron chi connectivity index (χ1n) is 12.6. The Morgan fingerprint density at radius 2 is 1.61 bits per heavy atom. The summed E-state index contributed by atoms with van der Waals surface area (Å²) in [5.41, 5.74) is 3.31. The molecule has 3 aromatic rings. The van der Waals surface area contributed by atoms with Gasteiger partial charge in [0.25, 0.3) is 0 Å². The number of hydrogen-bond donors (Lipinski definition) is 0. The van der Waals surface area contributed by atoms with Crippen molar-refractivity contribution in [3.8, 4) is 11.5 Å². The molecule has 0 amide bonds. The number of benzene rings is 2. The van der Waals surface area contributed by atoms with Crippen molar-refractivity contribution in [1.29, 1.82) is 0 Å². The molecule has 0 N–H and O–H groups in total. The monoisotopic (exact) mass is 448 g/mol. The van der Waals surface area contributed by atoms with Gasteiger partial charge in [-0.25, -0.2) is 4.98 Å². The van der Waals surface area contributed by atoms with Crippen molar-refractivity contribution in [2.45, 2.75) is 84.8 Å². The van der Waals surface area contributed by atoms with Crippen LogP contribution in [0.5, 0.6) is 11.5 Å². The summed E-state index contributed by atoms with van der Waals surface area (Å²) in [6.45, 7) is 5.68. The van der Waals surface area contributed by atoms with E-state index < -0.39 is 0 Å². The largest absolute Gasteiger partial charge is 0.493 e. The highest BCUT2D eigenvalue weighted by atomic mass is 16.5. The second kappa shape index (κ2) is 13.7. The summed E-state index contributed by atoms with van der Waals surface area (Å²) < 4.78 is 14.1. The van der Waals surface area contributed by atoms with Crippen molar-refractivity contribution in [2.75, 3.05) is 7.11 Å². The van der Waals surface area contributed by atoms with Crippen LogP contribution < -0.4 is 9.47 Å². The Labute approximate surface area is 199 Å². The SMILES string of the molecule is C/C=C\c1ccc(OCc2nc3ccccc3n2CCCCCCCCCCC)c(OC)c1. The van der Waals surface area contributed by atoms with E-state index in [1.807, 2.05) is 37.3 Å². The normalized spacial score (nSPS) is 11.5. The van der Waals surface area contributed by atoms with E-state index in [4.69, 9.17) is 14.5 Å². The zero-order valence-corrected chi connectivity index (χ0v) is 20.7. The number of imidazole rings is 1. The van der Waals surface area contributed by atoms with E-state index in [9.17, 15) is 0 Å². The van der Waals surface area contributed by atoms with Gasteiger partial charge in [0.15, 0.2) is 11.5 Å². The predicted molar refractivity (Wildman–Crippen MR) is 139 cm³/mol. The Kier molecular flexibility index (Phi) is 10.3. The lowest BCUT2D eigenvalue weighted by Crippen LogP contribution is -2.08. The predicted octanol–water partition coefficient (Wildman–Crippen LogP) is 8.19. The van der Waals surface area contributed by atoms with Gasteiger partial charge in [-0.15, -0.1) is 0 Å². The zero-order valence-electron chi connectivity index (χ0n) is 20.7. The van der Waals surface area contributed by atoms with E-state index in [2.05, 4.69) is 35.8 Å². The molecule has 0 aliphatic heterocycles. The van der Waals surface area contributed by atoms with Crippen LogP contribution in [0.2, 0.25) is 0 Å². The summed E-state index contributed by atoms with van der Waals surface area (Å²) in [6.07, 6.45) is 16.0. The number of methoxy groups -OCH3 is 1. The summed E-state index contributed by atoms with van der Waals surface area (Å²) in [5, 5.41) is 0. The van der Waals surface area contributed by atoms with Gasteiger partial charge in [-0.05, 0) is 43.2 Å². The first-order chi connectivity index (χ1) is 16.3. The van der Waals surface area contributed by atoms with Crippen LogP contribution in [0.25, 0.3) is 17.1 Å². The highest BCUT2D eigenvalue weighted by molar-refractivity contribution is 5.75. The molecule has 0 radical (unpaired) electrons. The summed E-state index contributed by atoms with van der Waals surface area (Å²) >= 11 is 0. The number of allylic oxidation sites excluding steroid dienone is 1. The van der Waals surface area contributed by atoms with Gasteiger partial charge in [0, 0.05) is 6.54 Å². The standard InChI is InChI=1S/C29H40N2O2/c1-4-6-7-8-9-10-11-12-15-21-31-26-18-14-13-17-25(26)30-29(31)23-33-27-20-19-24(16-5-2)22-28(27)32-3/h5,13-14,16-20,22H,4,6-12,15,21,23H2,1-3H3/b16-5-. The Morgan fingerprint density at radius 1 is 0.879 bits per heavy atom. The number of unbranched alkanes of at least 4 members (excludes halogenated alkanes) is 8. The second-order valence-corrected chi connectivity index (χ2v) is 8.70. The molecule has 0 spiro atoms. The summed E-state index contributed by atoms with van der Waals surface area (Å²) in [4.78, 5) is 4.87. The van der Waals surface area contributed by atoms with Gasteiger partial charge in [-0.3, -0.25) is 0 Å². The van der Waals surface area contributed by atoms with E-state index in [-0.39, 0.29) is 0 Å². The molecule has 0 aliphatic rings. The molecule has 0 bridgehead atoms. The lowest BCUT2D eigenvalue weighted by atomic mass is 10.1. The van der Waals surface area contributed by atoms with Gasteiger partial charge < -0.3 is 14.0 Å². The molecule has 33 heavy (non-hydrogen) atoms. The molecule has 4 nitrogen and oxygen atoms in total. The van der Waals surface area contributed by atoms with Crippen LogP contribution in [-0.4, -0.2) is 16.7 Å². The molecular weight excluding hydrogens is 408 g/mol. The van der Waals surface area contributed by atoms with Crippen LogP contribution in [0.15, 0.2) is 48.5 Å². The fraction of sp³-hybridized carbons (Fsp3) is 0.483. The van der Waals surface area contributed by atoms with E-state index in [0.717, 1.165) is 34.9 Å². The Hall–Kier alpha value is -2.75. The van der Waals surface area contributed by atoms with Crippen LogP contribution in [0.4, 0.5) is 0 Å². The maximum atomic E-state index is 6.18. The molecule has 1 heterocycles. The maximum absolute atomic E-state index is 6.18. The third-order valence-corrected chi connectivity index (χ3v) is 6.12. The number of nitrogens with zero attached hydrogens (tertiary/aromatic N) is 2. The fourth-order valence-electron chi connectivity index (χ4n) is 4.31. The molecule has 4 heteroatoms. The minimum atomic E-state index is 0.422. The summed E-state index contributed by atoms with van der Waals surface area (Å²) in [7, 11) is 1.68. The van der Waals surface area contributed by atoms with Crippen molar-refractivity contribution >= 4 is 17.1 Å². The Morgan fingerprint density at radius 3 is 2.33 bits per heavy atom. The lowest BCUT2D eigenvalue weighted by molar-refractivity contribution is 0.271. The van der Waals surface area contributed by atoms with Gasteiger partial charge in [0.05, 0.1) is 18.1 Å². The topological polar surface area (TPSA) is 36.3 Å².